The van der Waals surface area contributed by atoms with Gasteiger partial charge >= 0.3 is 0 Å². The molecule has 2 nitrogen and oxygen atoms in total. The van der Waals surface area contributed by atoms with Gasteiger partial charge in [0.2, 0.25) is 0 Å². The molecule has 2 rings (SSSR count). The number of nitrogens with one attached hydrogen (secondary N) is 1. The zero-order chi connectivity index (χ0) is 13.6. The molecule has 0 radical (unpaired) electrons. The van der Waals surface area contributed by atoms with Gasteiger partial charge in [0.1, 0.15) is 0 Å². The second-order valence-corrected chi connectivity index (χ2v) is 5.67. The minimum atomic E-state index is 0.323. The molecule has 1 unspecified atom stereocenters. The minimum Gasteiger partial charge on any atom is -0.385 e. The summed E-state index contributed by atoms with van der Waals surface area (Å²) >= 11 is 0. The highest BCUT2D eigenvalue weighted by Crippen LogP contribution is 2.40. The smallest absolute Gasteiger partial charge is 0.0462 e. The summed E-state index contributed by atoms with van der Waals surface area (Å²) in [5, 5.41) is 3.59. The van der Waals surface area contributed by atoms with E-state index in [1.54, 1.807) is 18.2 Å². The van der Waals surface area contributed by atoms with Crippen LogP contribution in [-0.4, -0.2) is 26.8 Å². The molecule has 0 heterocycles. The average molecular weight is 261 g/mol. The molecule has 1 N–H and O–H groups in total. The van der Waals surface area contributed by atoms with E-state index in [0.29, 0.717) is 5.41 Å². The van der Waals surface area contributed by atoms with E-state index in [1.807, 2.05) is 0 Å². The maximum Gasteiger partial charge on any atom is 0.0462 e. The Hall–Kier alpha value is -0.860. The molecule has 0 saturated carbocycles. The summed E-state index contributed by atoms with van der Waals surface area (Å²) in [4.78, 5) is 0. The van der Waals surface area contributed by atoms with Crippen molar-refractivity contribution in [2.75, 3.05) is 26.8 Å². The summed E-state index contributed by atoms with van der Waals surface area (Å²) in [6, 6.07) is 9.03. The molecule has 0 saturated heterocycles. The van der Waals surface area contributed by atoms with Crippen LogP contribution in [0.5, 0.6) is 0 Å². The average Bonchev–Trinajstić information content (AvgIpc) is 2.46. The predicted molar refractivity (Wildman–Crippen MR) is 80.7 cm³/mol. The van der Waals surface area contributed by atoms with E-state index in [9.17, 15) is 0 Å². The van der Waals surface area contributed by atoms with Gasteiger partial charge in [-0.25, -0.2) is 0 Å². The fraction of sp³-hybridized carbons (Fsp3) is 0.647. The van der Waals surface area contributed by atoms with E-state index < -0.39 is 0 Å². The molecule has 2 heteroatoms. The van der Waals surface area contributed by atoms with E-state index in [0.717, 1.165) is 26.1 Å². The third kappa shape index (κ3) is 3.37. The molecule has 0 amide bonds. The molecule has 0 spiro atoms. The lowest BCUT2D eigenvalue weighted by atomic mass is 9.67. The number of benzene rings is 1. The van der Waals surface area contributed by atoms with Crippen molar-refractivity contribution in [1.82, 2.24) is 5.32 Å². The highest BCUT2D eigenvalue weighted by Gasteiger charge is 2.35. The fourth-order valence-corrected chi connectivity index (χ4v) is 3.46. The zero-order valence-electron chi connectivity index (χ0n) is 12.4. The standard InChI is InChI=1S/C17H27NO/c1-3-18-14-17(12-7-13-19-2)11-6-9-15-8-4-5-10-16(15)17/h4-5,8,10,18H,3,6-7,9,11-14H2,1-2H3. The summed E-state index contributed by atoms with van der Waals surface area (Å²) in [6.07, 6.45) is 6.24. The van der Waals surface area contributed by atoms with Gasteiger partial charge in [-0.05, 0) is 49.8 Å². The van der Waals surface area contributed by atoms with Crippen LogP contribution in [0, 0.1) is 0 Å². The van der Waals surface area contributed by atoms with Crippen LogP contribution < -0.4 is 5.32 Å². The van der Waals surface area contributed by atoms with Gasteiger partial charge in [0.05, 0.1) is 0 Å². The normalized spacial score (nSPS) is 22.2. The first-order valence-electron chi connectivity index (χ1n) is 7.60. The van der Waals surface area contributed by atoms with Crippen LogP contribution in [0.25, 0.3) is 0 Å². The van der Waals surface area contributed by atoms with Crippen LogP contribution in [0.2, 0.25) is 0 Å². The lowest BCUT2D eigenvalue weighted by molar-refractivity contribution is 0.177. The quantitative estimate of drug-likeness (QED) is 0.760. The first-order valence-corrected chi connectivity index (χ1v) is 7.60. The molecule has 0 fully saturated rings. The Morgan fingerprint density at radius 3 is 2.95 bits per heavy atom. The molecule has 19 heavy (non-hydrogen) atoms. The van der Waals surface area contributed by atoms with Crippen molar-refractivity contribution >= 4 is 0 Å². The van der Waals surface area contributed by atoms with E-state index >= 15 is 0 Å². The number of rotatable bonds is 7. The van der Waals surface area contributed by atoms with Crippen molar-refractivity contribution in [3.05, 3.63) is 35.4 Å². The van der Waals surface area contributed by atoms with Crippen molar-refractivity contribution in [2.24, 2.45) is 0 Å². The third-order valence-corrected chi connectivity index (χ3v) is 4.41. The number of fused-ring (bicyclic) bond motifs is 1. The van der Waals surface area contributed by atoms with Crippen LogP contribution in [0.3, 0.4) is 0 Å². The SMILES string of the molecule is CCNCC1(CCCOC)CCCc2ccccc21. The van der Waals surface area contributed by atoms with Gasteiger partial charge in [-0.3, -0.25) is 0 Å². The Morgan fingerprint density at radius 1 is 1.32 bits per heavy atom. The van der Waals surface area contributed by atoms with Gasteiger partial charge in [0, 0.05) is 25.7 Å². The maximum absolute atomic E-state index is 5.25. The van der Waals surface area contributed by atoms with E-state index in [-0.39, 0.29) is 0 Å². The summed E-state index contributed by atoms with van der Waals surface area (Å²) < 4.78 is 5.25. The summed E-state index contributed by atoms with van der Waals surface area (Å²) in [5.74, 6) is 0. The lowest BCUT2D eigenvalue weighted by Crippen LogP contribution is -2.41. The molecule has 1 atom stereocenters. The summed E-state index contributed by atoms with van der Waals surface area (Å²) in [7, 11) is 1.80. The molecule has 1 aliphatic carbocycles. The highest BCUT2D eigenvalue weighted by atomic mass is 16.5. The topological polar surface area (TPSA) is 21.3 Å². The van der Waals surface area contributed by atoms with Crippen molar-refractivity contribution in [3.8, 4) is 0 Å². The van der Waals surface area contributed by atoms with Crippen LogP contribution in [0.15, 0.2) is 24.3 Å². The Balaban J connectivity index is 2.22. The van der Waals surface area contributed by atoms with Gasteiger partial charge in [0.15, 0.2) is 0 Å². The van der Waals surface area contributed by atoms with Crippen molar-refractivity contribution in [2.45, 2.75) is 44.4 Å². The molecule has 106 valence electrons. The number of likely N-dealkylation sites (N-methyl/N-ethyl adjacent to an activating group) is 1. The second kappa shape index (κ2) is 7.06. The van der Waals surface area contributed by atoms with Crippen LogP contribution in [-0.2, 0) is 16.6 Å². The van der Waals surface area contributed by atoms with Crippen molar-refractivity contribution < 1.29 is 4.74 Å². The fourth-order valence-electron chi connectivity index (χ4n) is 3.46. The van der Waals surface area contributed by atoms with Crippen LogP contribution >= 0.6 is 0 Å². The molecule has 1 aromatic carbocycles. The number of methoxy groups -OCH3 is 1. The van der Waals surface area contributed by atoms with Gasteiger partial charge in [-0.15, -0.1) is 0 Å². The molecular weight excluding hydrogens is 234 g/mol. The lowest BCUT2D eigenvalue weighted by Gasteiger charge is -2.40. The monoisotopic (exact) mass is 261 g/mol. The van der Waals surface area contributed by atoms with Crippen molar-refractivity contribution in [3.63, 3.8) is 0 Å². The van der Waals surface area contributed by atoms with E-state index in [4.69, 9.17) is 4.74 Å². The number of hydrogen-bond acceptors (Lipinski definition) is 2. The first-order chi connectivity index (χ1) is 9.32. The van der Waals surface area contributed by atoms with Crippen LogP contribution in [0.4, 0.5) is 0 Å². The highest BCUT2D eigenvalue weighted by molar-refractivity contribution is 5.37. The van der Waals surface area contributed by atoms with E-state index in [2.05, 4.69) is 36.5 Å². The molecule has 0 aromatic heterocycles. The number of ether oxygens (including phenoxy) is 1. The Morgan fingerprint density at radius 2 is 2.16 bits per heavy atom. The maximum atomic E-state index is 5.25. The Labute approximate surface area is 117 Å². The first kappa shape index (κ1) is 14.5. The molecule has 0 aliphatic heterocycles. The second-order valence-electron chi connectivity index (χ2n) is 5.67. The third-order valence-electron chi connectivity index (χ3n) is 4.41. The van der Waals surface area contributed by atoms with Gasteiger partial charge in [0.25, 0.3) is 0 Å². The van der Waals surface area contributed by atoms with Gasteiger partial charge in [-0.2, -0.15) is 0 Å². The Kier molecular flexibility index (Phi) is 5.41. The summed E-state index contributed by atoms with van der Waals surface area (Å²) in [6.45, 7) is 5.21. The number of aryl methyl sites for hydroxylation is 1. The van der Waals surface area contributed by atoms with E-state index in [1.165, 1.54) is 25.7 Å². The number of hydrogen-bond donors (Lipinski definition) is 1. The van der Waals surface area contributed by atoms with Gasteiger partial charge in [-0.1, -0.05) is 31.2 Å². The minimum absolute atomic E-state index is 0.323. The van der Waals surface area contributed by atoms with Crippen LogP contribution in [0.1, 0.15) is 43.7 Å². The zero-order valence-corrected chi connectivity index (χ0v) is 12.4. The largest absolute Gasteiger partial charge is 0.385 e. The molecule has 1 aromatic rings. The molecular formula is C17H27NO. The Bertz CT molecular complexity index is 391. The molecule has 1 aliphatic rings. The summed E-state index contributed by atoms with van der Waals surface area (Å²) in [5.41, 5.74) is 3.46. The predicted octanol–water partition coefficient (Wildman–Crippen LogP) is 3.30. The van der Waals surface area contributed by atoms with Crippen molar-refractivity contribution in [1.29, 1.82) is 0 Å². The molecule has 0 bridgehead atoms. The van der Waals surface area contributed by atoms with Gasteiger partial charge < -0.3 is 10.1 Å².